The van der Waals surface area contributed by atoms with Crippen LogP contribution in [0.2, 0.25) is 0 Å². The molecule has 0 radical (unpaired) electrons. The topological polar surface area (TPSA) is 60.9 Å². The minimum absolute atomic E-state index is 0.0277. The van der Waals surface area contributed by atoms with Crippen LogP contribution in [0.4, 0.5) is 0 Å². The molecule has 25 heavy (non-hydrogen) atoms. The monoisotopic (exact) mass is 371 g/mol. The Morgan fingerprint density at radius 1 is 1.04 bits per heavy atom. The van der Waals surface area contributed by atoms with E-state index < -0.39 is 10.0 Å². The van der Waals surface area contributed by atoms with Crippen molar-refractivity contribution in [2.45, 2.75) is 57.9 Å². The van der Waals surface area contributed by atoms with Crippen molar-refractivity contribution in [3.05, 3.63) is 0 Å². The Morgan fingerprint density at radius 2 is 1.68 bits per heavy atom. The molecular formula is C18H33N3O3S. The molecule has 2 saturated heterocycles. The van der Waals surface area contributed by atoms with Gasteiger partial charge in [0.2, 0.25) is 15.9 Å². The summed E-state index contributed by atoms with van der Waals surface area (Å²) in [6.45, 7) is 6.40. The molecule has 6 nitrogen and oxygen atoms in total. The van der Waals surface area contributed by atoms with Crippen LogP contribution in [0.1, 0.15) is 51.9 Å². The molecule has 144 valence electrons. The number of hydrogen-bond donors (Lipinski definition) is 0. The first-order valence-electron chi connectivity index (χ1n) is 10.0. The SMILES string of the molecule is CCS(=O)(=O)N(CCN1CCCCC1)C1CN(C(=O)C2CCCC2)C1. The molecule has 3 fully saturated rings. The zero-order chi connectivity index (χ0) is 17.9. The zero-order valence-electron chi connectivity index (χ0n) is 15.5. The fourth-order valence-corrected chi connectivity index (χ4v) is 5.67. The normalized spacial score (nSPS) is 24.0. The molecule has 0 bridgehead atoms. The minimum atomic E-state index is -3.22. The lowest BCUT2D eigenvalue weighted by Crippen LogP contribution is -2.64. The summed E-state index contributed by atoms with van der Waals surface area (Å²) in [6, 6.07) is -0.0277. The molecule has 0 atom stereocenters. The summed E-state index contributed by atoms with van der Waals surface area (Å²) >= 11 is 0. The first-order chi connectivity index (χ1) is 12.0. The van der Waals surface area contributed by atoms with Gasteiger partial charge in [-0.15, -0.1) is 0 Å². The number of amides is 1. The van der Waals surface area contributed by atoms with E-state index in [1.54, 1.807) is 11.2 Å². The third-order valence-corrected chi connectivity index (χ3v) is 8.02. The van der Waals surface area contributed by atoms with Crippen molar-refractivity contribution in [3.8, 4) is 0 Å². The smallest absolute Gasteiger partial charge is 0.225 e. The van der Waals surface area contributed by atoms with E-state index in [-0.39, 0.29) is 23.6 Å². The van der Waals surface area contributed by atoms with Gasteiger partial charge < -0.3 is 9.80 Å². The van der Waals surface area contributed by atoms with Gasteiger partial charge in [0.05, 0.1) is 11.8 Å². The van der Waals surface area contributed by atoms with Crippen molar-refractivity contribution in [1.29, 1.82) is 0 Å². The third kappa shape index (κ3) is 4.55. The fraction of sp³-hybridized carbons (Fsp3) is 0.944. The molecule has 7 heteroatoms. The number of rotatable bonds is 7. The van der Waals surface area contributed by atoms with Gasteiger partial charge >= 0.3 is 0 Å². The number of hydrogen-bond acceptors (Lipinski definition) is 4. The van der Waals surface area contributed by atoms with Crippen LogP contribution < -0.4 is 0 Å². The predicted octanol–water partition coefficient (Wildman–Crippen LogP) is 1.53. The first kappa shape index (κ1) is 19.1. The van der Waals surface area contributed by atoms with Crippen LogP contribution in [0.25, 0.3) is 0 Å². The maximum atomic E-state index is 12.5. The third-order valence-electron chi connectivity index (χ3n) is 6.09. The number of nitrogens with zero attached hydrogens (tertiary/aromatic N) is 3. The Labute approximate surface area is 152 Å². The second-order valence-electron chi connectivity index (χ2n) is 7.79. The molecule has 1 aliphatic carbocycles. The predicted molar refractivity (Wildman–Crippen MR) is 98.8 cm³/mol. The number of piperidine rings is 1. The second-order valence-corrected chi connectivity index (χ2v) is 10.0. The second kappa shape index (κ2) is 8.35. The van der Waals surface area contributed by atoms with Crippen LogP contribution in [0.3, 0.4) is 0 Å². The van der Waals surface area contributed by atoms with E-state index in [2.05, 4.69) is 4.90 Å². The van der Waals surface area contributed by atoms with Crippen LogP contribution in [0.15, 0.2) is 0 Å². The fourth-order valence-electron chi connectivity index (χ4n) is 4.39. The van der Waals surface area contributed by atoms with Crippen molar-refractivity contribution in [2.24, 2.45) is 5.92 Å². The van der Waals surface area contributed by atoms with Crippen LogP contribution in [-0.2, 0) is 14.8 Å². The maximum Gasteiger partial charge on any atom is 0.225 e. The Kier molecular flexibility index (Phi) is 6.39. The van der Waals surface area contributed by atoms with Crippen molar-refractivity contribution in [3.63, 3.8) is 0 Å². The lowest BCUT2D eigenvalue weighted by atomic mass is 10.0. The highest BCUT2D eigenvalue weighted by Gasteiger charge is 2.41. The highest BCUT2D eigenvalue weighted by Crippen LogP contribution is 2.29. The average Bonchev–Trinajstić information content (AvgIpc) is 3.11. The van der Waals surface area contributed by atoms with Crippen molar-refractivity contribution < 1.29 is 13.2 Å². The number of sulfonamides is 1. The molecule has 2 aliphatic heterocycles. The van der Waals surface area contributed by atoms with Gasteiger partial charge in [-0.3, -0.25) is 4.79 Å². The van der Waals surface area contributed by atoms with E-state index in [4.69, 9.17) is 0 Å². The van der Waals surface area contributed by atoms with Crippen molar-refractivity contribution in [1.82, 2.24) is 14.1 Å². The van der Waals surface area contributed by atoms with Gasteiger partial charge in [0.25, 0.3) is 0 Å². The van der Waals surface area contributed by atoms with Gasteiger partial charge in [0, 0.05) is 32.1 Å². The van der Waals surface area contributed by atoms with E-state index in [1.807, 2.05) is 4.90 Å². The van der Waals surface area contributed by atoms with E-state index >= 15 is 0 Å². The summed E-state index contributed by atoms with van der Waals surface area (Å²) in [6.07, 6.45) is 8.03. The van der Waals surface area contributed by atoms with E-state index in [0.29, 0.717) is 19.6 Å². The standard InChI is InChI=1S/C18H33N3O3S/c1-2-25(23,24)21(13-12-19-10-6-3-7-11-19)17-14-20(15-17)18(22)16-8-4-5-9-16/h16-17H,2-15H2,1H3. The summed E-state index contributed by atoms with van der Waals surface area (Å²) in [7, 11) is -3.22. The molecule has 0 aromatic rings. The van der Waals surface area contributed by atoms with Crippen LogP contribution in [-0.4, -0.2) is 79.5 Å². The summed E-state index contributed by atoms with van der Waals surface area (Å²) in [5.41, 5.74) is 0. The zero-order valence-corrected chi connectivity index (χ0v) is 16.3. The van der Waals surface area contributed by atoms with E-state index in [0.717, 1.165) is 45.3 Å². The summed E-state index contributed by atoms with van der Waals surface area (Å²) in [5, 5.41) is 0. The van der Waals surface area contributed by atoms with Gasteiger partial charge in [-0.2, -0.15) is 4.31 Å². The Morgan fingerprint density at radius 3 is 2.28 bits per heavy atom. The Balaban J connectivity index is 1.54. The van der Waals surface area contributed by atoms with Crippen LogP contribution in [0.5, 0.6) is 0 Å². The number of carbonyl (C=O) groups excluding carboxylic acids is 1. The quantitative estimate of drug-likeness (QED) is 0.681. The largest absolute Gasteiger partial charge is 0.339 e. The van der Waals surface area contributed by atoms with Gasteiger partial charge in [0.15, 0.2) is 0 Å². The van der Waals surface area contributed by atoms with Crippen LogP contribution >= 0.6 is 0 Å². The van der Waals surface area contributed by atoms with Gasteiger partial charge in [-0.05, 0) is 45.7 Å². The molecule has 0 spiro atoms. The van der Waals surface area contributed by atoms with E-state index in [9.17, 15) is 13.2 Å². The van der Waals surface area contributed by atoms with Gasteiger partial charge in [-0.25, -0.2) is 8.42 Å². The van der Waals surface area contributed by atoms with Crippen molar-refractivity contribution in [2.75, 3.05) is 45.0 Å². The molecule has 0 aromatic carbocycles. The summed E-state index contributed by atoms with van der Waals surface area (Å²) in [5.74, 6) is 0.573. The molecular weight excluding hydrogens is 338 g/mol. The maximum absolute atomic E-state index is 12.5. The average molecular weight is 372 g/mol. The molecule has 0 unspecified atom stereocenters. The van der Waals surface area contributed by atoms with Gasteiger partial charge in [-0.1, -0.05) is 19.3 Å². The molecule has 0 N–H and O–H groups in total. The molecule has 3 rings (SSSR count). The lowest BCUT2D eigenvalue weighted by molar-refractivity contribution is -0.141. The van der Waals surface area contributed by atoms with Gasteiger partial charge in [0.1, 0.15) is 0 Å². The van der Waals surface area contributed by atoms with Crippen LogP contribution in [0, 0.1) is 5.92 Å². The number of likely N-dealkylation sites (tertiary alicyclic amines) is 2. The van der Waals surface area contributed by atoms with Crippen molar-refractivity contribution >= 4 is 15.9 Å². The molecule has 1 saturated carbocycles. The summed E-state index contributed by atoms with van der Waals surface area (Å²) in [4.78, 5) is 16.7. The molecule has 0 aromatic heterocycles. The highest BCUT2D eigenvalue weighted by molar-refractivity contribution is 7.89. The summed E-state index contributed by atoms with van der Waals surface area (Å²) < 4.78 is 26.8. The number of carbonyl (C=O) groups is 1. The highest BCUT2D eigenvalue weighted by atomic mass is 32.2. The Bertz CT molecular complexity index is 548. The van der Waals surface area contributed by atoms with E-state index in [1.165, 1.54) is 19.3 Å². The first-order valence-corrected chi connectivity index (χ1v) is 11.6. The minimum Gasteiger partial charge on any atom is -0.339 e. The molecule has 3 aliphatic rings. The molecule has 2 heterocycles. The lowest BCUT2D eigenvalue weighted by Gasteiger charge is -2.46. The molecule has 1 amide bonds. The Hall–Kier alpha value is -0.660.